The number of morpholine rings is 1. The number of hydrogen-bond acceptors (Lipinski definition) is 6. The zero-order valence-corrected chi connectivity index (χ0v) is 15.1. The predicted molar refractivity (Wildman–Crippen MR) is 100 cm³/mol. The minimum atomic E-state index is 0.126. The van der Waals surface area contributed by atoms with E-state index in [1.54, 1.807) is 11.3 Å². The molecule has 134 valence electrons. The van der Waals surface area contributed by atoms with Crippen LogP contribution in [0.4, 0.5) is 5.13 Å². The lowest BCUT2D eigenvalue weighted by Gasteiger charge is -2.32. The first kappa shape index (κ1) is 16.8. The van der Waals surface area contributed by atoms with Crippen LogP contribution in [0, 0.1) is 0 Å². The van der Waals surface area contributed by atoms with Crippen LogP contribution >= 0.6 is 11.3 Å². The van der Waals surface area contributed by atoms with Gasteiger partial charge >= 0.3 is 0 Å². The fourth-order valence-corrected chi connectivity index (χ4v) is 4.49. The van der Waals surface area contributed by atoms with Crippen molar-refractivity contribution in [2.45, 2.75) is 31.3 Å². The van der Waals surface area contributed by atoms with E-state index in [1.165, 1.54) is 4.70 Å². The number of hydrogen-bond donors (Lipinski definition) is 2. The number of carbonyl (C=O) groups is 1. The summed E-state index contributed by atoms with van der Waals surface area (Å²) in [6.45, 7) is 4.08. The van der Waals surface area contributed by atoms with Gasteiger partial charge in [-0.1, -0.05) is 23.5 Å². The number of piperidine rings is 1. The Morgan fingerprint density at radius 3 is 2.96 bits per heavy atom. The van der Waals surface area contributed by atoms with Crippen molar-refractivity contribution in [2.24, 2.45) is 0 Å². The van der Waals surface area contributed by atoms with Crippen LogP contribution in [0.1, 0.15) is 19.3 Å². The summed E-state index contributed by atoms with van der Waals surface area (Å²) in [5, 5.41) is 7.61. The molecule has 25 heavy (non-hydrogen) atoms. The molecule has 2 N–H and O–H groups in total. The Kier molecular flexibility index (Phi) is 5.14. The molecule has 2 aliphatic heterocycles. The SMILES string of the molecule is O=C(CC1COCCN1)NC1CCN(c2nc3ccccc3s2)CC1. The lowest BCUT2D eigenvalue weighted by Crippen LogP contribution is -2.48. The highest BCUT2D eigenvalue weighted by molar-refractivity contribution is 7.22. The third kappa shape index (κ3) is 4.11. The molecular weight excluding hydrogens is 336 g/mol. The van der Waals surface area contributed by atoms with Gasteiger partial charge in [-0.25, -0.2) is 4.98 Å². The van der Waals surface area contributed by atoms with E-state index in [9.17, 15) is 4.79 Å². The maximum absolute atomic E-state index is 12.2. The van der Waals surface area contributed by atoms with Crippen LogP contribution in [-0.2, 0) is 9.53 Å². The highest BCUT2D eigenvalue weighted by atomic mass is 32.1. The van der Waals surface area contributed by atoms with E-state index in [0.717, 1.165) is 49.7 Å². The van der Waals surface area contributed by atoms with Gasteiger partial charge in [-0.15, -0.1) is 0 Å². The van der Waals surface area contributed by atoms with Gasteiger partial charge in [0.25, 0.3) is 0 Å². The molecule has 2 saturated heterocycles. The Morgan fingerprint density at radius 2 is 2.20 bits per heavy atom. The number of benzene rings is 1. The van der Waals surface area contributed by atoms with Crippen molar-refractivity contribution < 1.29 is 9.53 Å². The van der Waals surface area contributed by atoms with Crippen LogP contribution < -0.4 is 15.5 Å². The second kappa shape index (κ2) is 7.68. The summed E-state index contributed by atoms with van der Waals surface area (Å²) in [6.07, 6.45) is 2.44. The molecule has 7 heteroatoms. The normalized spacial score (nSPS) is 22.2. The van der Waals surface area contributed by atoms with Gasteiger partial charge in [-0.3, -0.25) is 4.79 Å². The first-order valence-electron chi connectivity index (χ1n) is 8.99. The molecule has 3 heterocycles. The molecule has 1 aromatic carbocycles. The largest absolute Gasteiger partial charge is 0.378 e. The van der Waals surface area contributed by atoms with Crippen LogP contribution in [-0.4, -0.2) is 55.8 Å². The Balaban J connectivity index is 1.27. The number of nitrogens with zero attached hydrogens (tertiary/aromatic N) is 2. The van der Waals surface area contributed by atoms with Crippen LogP contribution in [0.3, 0.4) is 0 Å². The number of nitrogens with one attached hydrogen (secondary N) is 2. The summed E-state index contributed by atoms with van der Waals surface area (Å²) in [5.74, 6) is 0.126. The molecule has 1 aromatic heterocycles. The van der Waals surface area contributed by atoms with Crippen molar-refractivity contribution in [3.63, 3.8) is 0 Å². The van der Waals surface area contributed by atoms with Crippen molar-refractivity contribution in [1.82, 2.24) is 15.6 Å². The maximum atomic E-state index is 12.2. The fourth-order valence-electron chi connectivity index (χ4n) is 3.47. The highest BCUT2D eigenvalue weighted by Gasteiger charge is 2.24. The van der Waals surface area contributed by atoms with E-state index in [-0.39, 0.29) is 18.0 Å². The molecule has 2 aliphatic rings. The van der Waals surface area contributed by atoms with E-state index >= 15 is 0 Å². The monoisotopic (exact) mass is 360 g/mol. The van der Waals surface area contributed by atoms with E-state index in [4.69, 9.17) is 9.72 Å². The van der Waals surface area contributed by atoms with E-state index < -0.39 is 0 Å². The second-order valence-corrected chi connectivity index (χ2v) is 7.73. The maximum Gasteiger partial charge on any atom is 0.221 e. The lowest BCUT2D eigenvalue weighted by molar-refractivity contribution is -0.123. The van der Waals surface area contributed by atoms with Gasteiger partial charge in [0.2, 0.25) is 5.91 Å². The summed E-state index contributed by atoms with van der Waals surface area (Å²) in [5.41, 5.74) is 1.07. The van der Waals surface area contributed by atoms with E-state index in [0.29, 0.717) is 13.0 Å². The van der Waals surface area contributed by atoms with Crippen molar-refractivity contribution in [1.29, 1.82) is 0 Å². The zero-order valence-electron chi connectivity index (χ0n) is 14.2. The molecule has 2 aromatic rings. The molecule has 0 spiro atoms. The van der Waals surface area contributed by atoms with Crippen molar-refractivity contribution in [3.8, 4) is 0 Å². The van der Waals surface area contributed by atoms with Gasteiger partial charge < -0.3 is 20.3 Å². The molecule has 0 radical (unpaired) electrons. The number of para-hydroxylation sites is 1. The molecule has 1 amide bonds. The first-order valence-corrected chi connectivity index (χ1v) is 9.80. The molecule has 1 atom stereocenters. The summed E-state index contributed by atoms with van der Waals surface area (Å²) >= 11 is 1.75. The minimum Gasteiger partial charge on any atom is -0.378 e. The van der Waals surface area contributed by atoms with E-state index in [1.807, 2.05) is 6.07 Å². The number of fused-ring (bicyclic) bond motifs is 1. The molecule has 0 bridgehead atoms. The van der Waals surface area contributed by atoms with Crippen LogP contribution in [0.2, 0.25) is 0 Å². The van der Waals surface area contributed by atoms with Gasteiger partial charge in [0.15, 0.2) is 5.13 Å². The number of aromatic nitrogens is 1. The van der Waals surface area contributed by atoms with Gasteiger partial charge in [-0.05, 0) is 25.0 Å². The Labute approximate surface area is 151 Å². The number of thiazole rings is 1. The van der Waals surface area contributed by atoms with Crippen molar-refractivity contribution in [2.75, 3.05) is 37.7 Å². The second-order valence-electron chi connectivity index (χ2n) is 6.72. The van der Waals surface area contributed by atoms with Crippen LogP contribution in [0.15, 0.2) is 24.3 Å². The summed E-state index contributed by atoms with van der Waals surface area (Å²) < 4.78 is 6.64. The quantitative estimate of drug-likeness (QED) is 0.870. The number of rotatable bonds is 4. The first-order chi connectivity index (χ1) is 12.3. The number of anilines is 1. The van der Waals surface area contributed by atoms with Gasteiger partial charge in [0.05, 0.1) is 23.4 Å². The average Bonchev–Trinajstić information content (AvgIpc) is 3.07. The van der Waals surface area contributed by atoms with Gasteiger partial charge in [0.1, 0.15) is 0 Å². The van der Waals surface area contributed by atoms with E-state index in [2.05, 4.69) is 33.7 Å². The van der Waals surface area contributed by atoms with Crippen LogP contribution in [0.5, 0.6) is 0 Å². The van der Waals surface area contributed by atoms with Crippen LogP contribution in [0.25, 0.3) is 10.2 Å². The lowest BCUT2D eigenvalue weighted by atomic mass is 10.0. The number of carbonyl (C=O) groups excluding carboxylic acids is 1. The van der Waals surface area contributed by atoms with Crippen molar-refractivity contribution in [3.05, 3.63) is 24.3 Å². The highest BCUT2D eigenvalue weighted by Crippen LogP contribution is 2.30. The topological polar surface area (TPSA) is 66.5 Å². The molecule has 0 aliphatic carbocycles. The summed E-state index contributed by atoms with van der Waals surface area (Å²) in [7, 11) is 0. The molecule has 4 rings (SSSR count). The minimum absolute atomic E-state index is 0.126. The fraction of sp³-hybridized carbons (Fsp3) is 0.556. The Hall–Kier alpha value is -1.70. The zero-order chi connectivity index (χ0) is 17.1. The summed E-state index contributed by atoms with van der Waals surface area (Å²) in [4.78, 5) is 19.3. The smallest absolute Gasteiger partial charge is 0.221 e. The Bertz CT molecular complexity index is 688. The van der Waals surface area contributed by atoms with Crippen molar-refractivity contribution >= 4 is 32.6 Å². The molecule has 6 nitrogen and oxygen atoms in total. The van der Waals surface area contributed by atoms with Gasteiger partial charge in [-0.2, -0.15) is 0 Å². The standard InChI is InChI=1S/C18H24N4O2S/c23-17(11-14-12-24-10-7-19-14)20-13-5-8-22(9-6-13)18-21-15-3-1-2-4-16(15)25-18/h1-4,13-14,19H,5-12H2,(H,20,23). The average molecular weight is 360 g/mol. The number of ether oxygens (including phenoxy) is 1. The van der Waals surface area contributed by atoms with Gasteiger partial charge in [0, 0.05) is 38.1 Å². The Morgan fingerprint density at radius 1 is 1.36 bits per heavy atom. The third-order valence-corrected chi connectivity index (χ3v) is 5.94. The molecule has 2 fully saturated rings. The number of amides is 1. The predicted octanol–water partition coefficient (Wildman–Crippen LogP) is 1.76. The molecular formula is C18H24N4O2S. The molecule has 0 saturated carbocycles. The third-order valence-electron chi connectivity index (χ3n) is 4.84. The molecule has 1 unspecified atom stereocenters. The summed E-state index contributed by atoms with van der Waals surface area (Å²) in [6, 6.07) is 8.68.